The summed E-state index contributed by atoms with van der Waals surface area (Å²) in [7, 11) is 0. The highest BCUT2D eigenvalue weighted by molar-refractivity contribution is 8.00. The van der Waals surface area contributed by atoms with Crippen LogP contribution < -0.4 is 5.32 Å². The number of hydrogen-bond acceptors (Lipinski definition) is 3. The van der Waals surface area contributed by atoms with Crippen molar-refractivity contribution >= 4 is 17.7 Å². The molecule has 1 aliphatic rings. The Hall–Kier alpha value is -1.75. The quantitative estimate of drug-likeness (QED) is 0.742. The number of aromatic nitrogens is 2. The first-order valence-corrected chi connectivity index (χ1v) is 10.5. The molecule has 4 nitrogen and oxygen atoms in total. The summed E-state index contributed by atoms with van der Waals surface area (Å²) in [6.45, 7) is 6.76. The molecule has 1 atom stereocenters. The number of thioether (sulfide) groups is 1. The van der Waals surface area contributed by atoms with Crippen molar-refractivity contribution < 1.29 is 4.79 Å². The van der Waals surface area contributed by atoms with Gasteiger partial charge in [0, 0.05) is 18.3 Å². The van der Waals surface area contributed by atoms with Gasteiger partial charge in [-0.2, -0.15) is 0 Å². The molecule has 1 heterocycles. The fourth-order valence-corrected chi connectivity index (χ4v) is 4.68. The highest BCUT2D eigenvalue weighted by atomic mass is 32.2. The van der Waals surface area contributed by atoms with Crippen LogP contribution in [0.5, 0.6) is 0 Å². The first-order chi connectivity index (χ1) is 12.6. The molecule has 1 aromatic heterocycles. The summed E-state index contributed by atoms with van der Waals surface area (Å²) in [5, 5.41) is 3.87. The van der Waals surface area contributed by atoms with E-state index in [0.717, 1.165) is 16.4 Å². The Kier molecular flexibility index (Phi) is 6.41. The van der Waals surface area contributed by atoms with E-state index in [9.17, 15) is 4.79 Å². The van der Waals surface area contributed by atoms with Crippen LogP contribution in [0.15, 0.2) is 35.5 Å². The van der Waals surface area contributed by atoms with E-state index in [2.05, 4.69) is 23.7 Å². The molecule has 140 valence electrons. The number of imidazole rings is 1. The van der Waals surface area contributed by atoms with Crippen molar-refractivity contribution in [1.82, 2.24) is 14.9 Å². The van der Waals surface area contributed by atoms with Gasteiger partial charge in [-0.15, -0.1) is 0 Å². The van der Waals surface area contributed by atoms with Gasteiger partial charge in [0.15, 0.2) is 5.16 Å². The average Bonchev–Trinajstić information content (AvgIpc) is 2.94. The van der Waals surface area contributed by atoms with E-state index in [1.807, 2.05) is 37.3 Å². The van der Waals surface area contributed by atoms with Crippen LogP contribution in [-0.4, -0.2) is 20.7 Å². The molecule has 0 aliphatic heterocycles. The standard InChI is InChI=1S/C21H29N3OS/c1-15-16(2)24(19-12-8-5-9-13-19)21(23-15)26-17(3)20(25)22-14-18-10-6-4-7-11-18/h4,6-7,10-11,17,19H,5,8-9,12-14H2,1-3H3,(H,22,25). The third-order valence-electron chi connectivity index (χ3n) is 5.26. The zero-order valence-corrected chi connectivity index (χ0v) is 16.8. The molecular formula is C21H29N3OS. The third kappa shape index (κ3) is 4.50. The van der Waals surface area contributed by atoms with Gasteiger partial charge in [-0.3, -0.25) is 4.79 Å². The first-order valence-electron chi connectivity index (χ1n) is 9.60. The molecule has 1 unspecified atom stereocenters. The van der Waals surface area contributed by atoms with Gasteiger partial charge in [0.1, 0.15) is 0 Å². The SMILES string of the molecule is Cc1nc(SC(C)C(=O)NCc2ccccc2)n(C2CCCCC2)c1C. The van der Waals surface area contributed by atoms with Gasteiger partial charge in [-0.1, -0.05) is 61.4 Å². The summed E-state index contributed by atoms with van der Waals surface area (Å²) in [5.41, 5.74) is 3.44. The summed E-state index contributed by atoms with van der Waals surface area (Å²) in [4.78, 5) is 17.3. The Morgan fingerprint density at radius 3 is 2.62 bits per heavy atom. The van der Waals surface area contributed by atoms with E-state index >= 15 is 0 Å². The maximum absolute atomic E-state index is 12.5. The molecule has 0 saturated heterocycles. The number of carbonyl (C=O) groups excluding carboxylic acids is 1. The second-order valence-corrected chi connectivity index (χ2v) is 8.50. The van der Waals surface area contributed by atoms with Crippen LogP contribution in [0.4, 0.5) is 0 Å². The lowest BCUT2D eigenvalue weighted by Gasteiger charge is -2.26. The van der Waals surface area contributed by atoms with Crippen molar-refractivity contribution in [3.8, 4) is 0 Å². The molecule has 5 heteroatoms. The molecule has 2 aromatic rings. The number of aryl methyl sites for hydroxylation is 1. The van der Waals surface area contributed by atoms with Gasteiger partial charge in [-0.25, -0.2) is 4.98 Å². The second kappa shape index (κ2) is 8.76. The molecule has 1 N–H and O–H groups in total. The van der Waals surface area contributed by atoms with Crippen molar-refractivity contribution in [1.29, 1.82) is 0 Å². The van der Waals surface area contributed by atoms with Gasteiger partial charge >= 0.3 is 0 Å². The van der Waals surface area contributed by atoms with Gasteiger partial charge in [0.25, 0.3) is 0 Å². The fraction of sp³-hybridized carbons (Fsp3) is 0.524. The van der Waals surface area contributed by atoms with Crippen LogP contribution in [-0.2, 0) is 11.3 Å². The smallest absolute Gasteiger partial charge is 0.233 e. The average molecular weight is 372 g/mol. The van der Waals surface area contributed by atoms with Crippen molar-refractivity contribution in [2.24, 2.45) is 0 Å². The molecule has 1 amide bonds. The normalized spacial score (nSPS) is 16.4. The van der Waals surface area contributed by atoms with Gasteiger partial charge < -0.3 is 9.88 Å². The lowest BCUT2D eigenvalue weighted by atomic mass is 9.95. The fourth-order valence-electron chi connectivity index (χ4n) is 3.59. The van der Waals surface area contributed by atoms with Crippen LogP contribution in [0.25, 0.3) is 0 Å². The second-order valence-electron chi connectivity index (χ2n) is 7.19. The summed E-state index contributed by atoms with van der Waals surface area (Å²) in [5.74, 6) is 0.0624. The van der Waals surface area contributed by atoms with Crippen LogP contribution >= 0.6 is 11.8 Å². The van der Waals surface area contributed by atoms with Crippen molar-refractivity contribution in [2.45, 2.75) is 75.9 Å². The molecular weight excluding hydrogens is 342 g/mol. The Labute approximate surface area is 160 Å². The van der Waals surface area contributed by atoms with Crippen molar-refractivity contribution in [2.75, 3.05) is 0 Å². The Bertz CT molecular complexity index is 735. The minimum atomic E-state index is -0.165. The van der Waals surface area contributed by atoms with Crippen LogP contribution in [0, 0.1) is 13.8 Å². The molecule has 1 aromatic carbocycles. The maximum atomic E-state index is 12.5. The lowest BCUT2D eigenvalue weighted by molar-refractivity contribution is -0.120. The molecule has 1 fully saturated rings. The number of nitrogens with one attached hydrogen (secondary N) is 1. The number of carbonyl (C=O) groups is 1. The van der Waals surface area contributed by atoms with E-state index in [4.69, 9.17) is 4.98 Å². The number of rotatable bonds is 6. The largest absolute Gasteiger partial charge is 0.351 e. The van der Waals surface area contributed by atoms with E-state index < -0.39 is 0 Å². The third-order valence-corrected chi connectivity index (χ3v) is 6.32. The number of hydrogen-bond donors (Lipinski definition) is 1. The van der Waals surface area contributed by atoms with Gasteiger partial charge in [0.05, 0.1) is 10.9 Å². The maximum Gasteiger partial charge on any atom is 0.233 e. The van der Waals surface area contributed by atoms with E-state index in [-0.39, 0.29) is 11.2 Å². The minimum absolute atomic E-state index is 0.0624. The molecule has 26 heavy (non-hydrogen) atoms. The highest BCUT2D eigenvalue weighted by Gasteiger charge is 2.24. The van der Waals surface area contributed by atoms with E-state index in [1.54, 1.807) is 11.8 Å². The minimum Gasteiger partial charge on any atom is -0.351 e. The van der Waals surface area contributed by atoms with Gasteiger partial charge in [-0.05, 0) is 39.2 Å². The topological polar surface area (TPSA) is 46.9 Å². The lowest BCUT2D eigenvalue weighted by Crippen LogP contribution is -2.30. The van der Waals surface area contributed by atoms with Crippen LogP contribution in [0.2, 0.25) is 0 Å². The summed E-state index contributed by atoms with van der Waals surface area (Å²) in [6.07, 6.45) is 6.36. The van der Waals surface area contributed by atoms with Crippen LogP contribution in [0.1, 0.15) is 62.0 Å². The predicted molar refractivity (Wildman–Crippen MR) is 107 cm³/mol. The summed E-state index contributed by atoms with van der Waals surface area (Å²) in [6, 6.07) is 10.6. The van der Waals surface area contributed by atoms with Crippen molar-refractivity contribution in [3.63, 3.8) is 0 Å². The zero-order chi connectivity index (χ0) is 18.5. The van der Waals surface area contributed by atoms with Gasteiger partial charge in [0.2, 0.25) is 5.91 Å². The molecule has 1 aliphatic carbocycles. The summed E-state index contributed by atoms with van der Waals surface area (Å²) < 4.78 is 2.39. The number of amides is 1. The molecule has 3 rings (SSSR count). The monoisotopic (exact) mass is 371 g/mol. The Morgan fingerprint density at radius 2 is 1.92 bits per heavy atom. The van der Waals surface area contributed by atoms with E-state index in [1.165, 1.54) is 37.8 Å². The molecule has 0 bridgehead atoms. The first kappa shape index (κ1) is 19.0. The number of benzene rings is 1. The molecule has 0 radical (unpaired) electrons. The van der Waals surface area contributed by atoms with E-state index in [0.29, 0.717) is 12.6 Å². The Balaban J connectivity index is 1.65. The molecule has 0 spiro atoms. The Morgan fingerprint density at radius 1 is 1.23 bits per heavy atom. The molecule has 1 saturated carbocycles. The van der Waals surface area contributed by atoms with Crippen LogP contribution in [0.3, 0.4) is 0 Å². The summed E-state index contributed by atoms with van der Waals surface area (Å²) >= 11 is 1.58. The highest BCUT2D eigenvalue weighted by Crippen LogP contribution is 2.35. The van der Waals surface area contributed by atoms with Crippen molar-refractivity contribution in [3.05, 3.63) is 47.3 Å². The number of nitrogens with zero attached hydrogens (tertiary/aromatic N) is 2. The predicted octanol–water partition coefficient (Wildman–Crippen LogP) is 4.80. The zero-order valence-electron chi connectivity index (χ0n) is 16.0.